The van der Waals surface area contributed by atoms with Crippen molar-refractivity contribution in [1.82, 2.24) is 4.57 Å². The fourth-order valence-corrected chi connectivity index (χ4v) is 7.39. The monoisotopic (exact) mass is 740 g/mol. The lowest BCUT2D eigenvalue weighted by molar-refractivity contribution is 0.0712. The van der Waals surface area contributed by atoms with Crippen molar-refractivity contribution in [3.8, 4) is 22.6 Å². The first kappa shape index (κ1) is 30.0. The highest BCUT2D eigenvalue weighted by atomic mass is 79.9. The molecule has 8 rings (SSSR count). The molecule has 0 saturated heterocycles. The van der Waals surface area contributed by atoms with Crippen molar-refractivity contribution in [2.24, 2.45) is 0 Å². The van der Waals surface area contributed by atoms with Gasteiger partial charge in [0.15, 0.2) is 0 Å². The molecular formula is C42H34Br2N2O. The number of hydrogen-bond acceptors (Lipinski definition) is 2. The number of benzene rings is 6. The highest BCUT2D eigenvalue weighted by Crippen LogP contribution is 2.50. The number of anilines is 3. The van der Waals surface area contributed by atoms with Crippen LogP contribution in [-0.4, -0.2) is 10.2 Å². The SMILES string of the molecule is CC1(C)Oc2ccc(-c3cc(N(c4ccc(Br)cc4)c4ccc(Br)cc4)cc(-n4c5ccccc5c5ccccc54)c3)cc2C1(C)C. The van der Waals surface area contributed by atoms with E-state index in [2.05, 4.69) is 202 Å². The van der Waals surface area contributed by atoms with Gasteiger partial charge in [-0.25, -0.2) is 0 Å². The summed E-state index contributed by atoms with van der Waals surface area (Å²) in [5.74, 6) is 0.967. The van der Waals surface area contributed by atoms with Gasteiger partial charge in [-0.05, 0) is 116 Å². The molecule has 1 aliphatic rings. The maximum absolute atomic E-state index is 6.46. The van der Waals surface area contributed by atoms with Crippen molar-refractivity contribution in [3.63, 3.8) is 0 Å². The maximum atomic E-state index is 6.46. The molecule has 7 aromatic rings. The summed E-state index contributed by atoms with van der Waals surface area (Å²) in [5.41, 5.74) is 9.78. The molecular weight excluding hydrogens is 708 g/mol. The van der Waals surface area contributed by atoms with E-state index in [1.807, 2.05) is 0 Å². The average Bonchev–Trinajstić information content (AvgIpc) is 3.49. The molecule has 0 N–H and O–H groups in total. The molecule has 0 bridgehead atoms. The fourth-order valence-electron chi connectivity index (χ4n) is 6.86. The van der Waals surface area contributed by atoms with Crippen LogP contribution in [0.2, 0.25) is 0 Å². The fraction of sp³-hybridized carbons (Fsp3) is 0.143. The van der Waals surface area contributed by atoms with Gasteiger partial charge < -0.3 is 14.2 Å². The van der Waals surface area contributed by atoms with Crippen molar-refractivity contribution in [1.29, 1.82) is 0 Å². The van der Waals surface area contributed by atoms with Gasteiger partial charge >= 0.3 is 0 Å². The van der Waals surface area contributed by atoms with Crippen LogP contribution >= 0.6 is 31.9 Å². The maximum Gasteiger partial charge on any atom is 0.124 e. The van der Waals surface area contributed by atoms with Gasteiger partial charge in [-0.2, -0.15) is 0 Å². The smallest absolute Gasteiger partial charge is 0.124 e. The molecule has 0 fully saturated rings. The second kappa shape index (κ2) is 11.1. The number of halogens is 2. The topological polar surface area (TPSA) is 17.4 Å². The van der Waals surface area contributed by atoms with Gasteiger partial charge in [0.1, 0.15) is 11.4 Å². The highest BCUT2D eigenvalue weighted by molar-refractivity contribution is 9.10. The van der Waals surface area contributed by atoms with E-state index in [0.717, 1.165) is 48.6 Å². The molecule has 6 aromatic carbocycles. The Bertz CT molecular complexity index is 2200. The Kier molecular flexibility index (Phi) is 7.12. The van der Waals surface area contributed by atoms with Gasteiger partial charge in [-0.1, -0.05) is 88.2 Å². The van der Waals surface area contributed by atoms with E-state index >= 15 is 0 Å². The quantitative estimate of drug-likeness (QED) is 0.175. The van der Waals surface area contributed by atoms with Gasteiger partial charge in [0.2, 0.25) is 0 Å². The van der Waals surface area contributed by atoms with Crippen LogP contribution in [0, 0.1) is 0 Å². The molecule has 5 heteroatoms. The predicted octanol–water partition coefficient (Wildman–Crippen LogP) is 12.9. The molecule has 3 nitrogen and oxygen atoms in total. The summed E-state index contributed by atoms with van der Waals surface area (Å²) in [5, 5.41) is 2.48. The first-order valence-electron chi connectivity index (χ1n) is 15.9. The number of rotatable bonds is 5. The lowest BCUT2D eigenvalue weighted by Gasteiger charge is -2.33. The largest absolute Gasteiger partial charge is 0.487 e. The molecule has 0 atom stereocenters. The van der Waals surface area contributed by atoms with Crippen LogP contribution in [0.3, 0.4) is 0 Å². The predicted molar refractivity (Wildman–Crippen MR) is 204 cm³/mol. The van der Waals surface area contributed by atoms with Crippen LogP contribution in [0.1, 0.15) is 33.3 Å². The van der Waals surface area contributed by atoms with Crippen LogP contribution in [0.5, 0.6) is 5.75 Å². The first-order valence-corrected chi connectivity index (χ1v) is 17.5. The second-order valence-corrected chi connectivity index (χ2v) is 15.2. The third-order valence-electron chi connectivity index (χ3n) is 10.0. The minimum absolute atomic E-state index is 0.146. The number of hydrogen-bond donors (Lipinski definition) is 0. The van der Waals surface area contributed by atoms with E-state index in [4.69, 9.17) is 4.74 Å². The Morgan fingerprint density at radius 3 is 1.68 bits per heavy atom. The zero-order valence-corrected chi connectivity index (χ0v) is 29.9. The molecule has 0 saturated carbocycles. The third kappa shape index (κ3) is 4.99. The summed E-state index contributed by atoms with van der Waals surface area (Å²) >= 11 is 7.29. The summed E-state index contributed by atoms with van der Waals surface area (Å²) in [7, 11) is 0. The van der Waals surface area contributed by atoms with Crippen molar-refractivity contribution in [3.05, 3.63) is 148 Å². The molecule has 0 unspecified atom stereocenters. The van der Waals surface area contributed by atoms with Crippen LogP contribution < -0.4 is 9.64 Å². The molecule has 0 amide bonds. The Balaban J connectivity index is 1.42. The molecule has 0 aliphatic carbocycles. The third-order valence-corrected chi connectivity index (χ3v) is 11.1. The van der Waals surface area contributed by atoms with Crippen molar-refractivity contribution in [2.75, 3.05) is 4.90 Å². The van der Waals surface area contributed by atoms with Crippen molar-refractivity contribution in [2.45, 2.75) is 38.7 Å². The molecule has 1 aliphatic heterocycles. The van der Waals surface area contributed by atoms with Gasteiger partial charge in [0, 0.05) is 53.4 Å². The van der Waals surface area contributed by atoms with E-state index in [-0.39, 0.29) is 11.0 Å². The summed E-state index contributed by atoms with van der Waals surface area (Å²) in [6.45, 7) is 8.93. The summed E-state index contributed by atoms with van der Waals surface area (Å²) in [4.78, 5) is 2.34. The lowest BCUT2D eigenvalue weighted by atomic mass is 9.73. The van der Waals surface area contributed by atoms with Crippen LogP contribution in [-0.2, 0) is 5.41 Å². The van der Waals surface area contributed by atoms with Gasteiger partial charge in [0.05, 0.1) is 11.0 Å². The Labute approximate surface area is 292 Å². The Morgan fingerprint density at radius 1 is 0.553 bits per heavy atom. The average molecular weight is 743 g/mol. The van der Waals surface area contributed by atoms with Crippen molar-refractivity contribution >= 4 is 70.7 Å². The standard InChI is InChI=1S/C42H34Br2N2O/c1-41(2)37-25-27(13-22-40(37)47-42(41,3)4)28-23-33(45(31-18-14-29(43)15-19-31)32-20-16-30(44)17-21-32)26-34(24-28)46-38-11-7-5-9-35(38)36-10-6-8-12-39(36)46/h5-26H,1-4H3. The van der Waals surface area contributed by atoms with Crippen LogP contribution in [0.25, 0.3) is 38.6 Å². The number of nitrogens with zero attached hydrogens (tertiary/aromatic N) is 2. The normalized spacial score (nSPS) is 14.7. The number of ether oxygens (including phenoxy) is 1. The zero-order chi connectivity index (χ0) is 32.5. The lowest BCUT2D eigenvalue weighted by Crippen LogP contribution is -2.41. The van der Waals surface area contributed by atoms with Crippen molar-refractivity contribution < 1.29 is 4.74 Å². The molecule has 47 heavy (non-hydrogen) atoms. The van der Waals surface area contributed by atoms with Crippen LogP contribution in [0.15, 0.2) is 142 Å². The summed E-state index contributed by atoms with van der Waals surface area (Å²) < 4.78 is 10.9. The molecule has 0 radical (unpaired) electrons. The number of para-hydroxylation sites is 2. The van der Waals surface area contributed by atoms with E-state index in [1.165, 1.54) is 27.4 Å². The first-order chi connectivity index (χ1) is 22.6. The molecule has 2 heterocycles. The Morgan fingerprint density at radius 2 is 1.11 bits per heavy atom. The number of fused-ring (bicyclic) bond motifs is 4. The van der Waals surface area contributed by atoms with E-state index in [1.54, 1.807) is 0 Å². The minimum Gasteiger partial charge on any atom is -0.487 e. The molecule has 232 valence electrons. The van der Waals surface area contributed by atoms with Gasteiger partial charge in [-0.3, -0.25) is 0 Å². The molecule has 1 aromatic heterocycles. The van der Waals surface area contributed by atoms with E-state index in [9.17, 15) is 0 Å². The highest BCUT2D eigenvalue weighted by Gasteiger charge is 2.48. The summed E-state index contributed by atoms with van der Waals surface area (Å²) in [6.07, 6.45) is 0. The van der Waals surface area contributed by atoms with E-state index in [0.29, 0.717) is 0 Å². The van der Waals surface area contributed by atoms with Crippen LogP contribution in [0.4, 0.5) is 17.1 Å². The Hall–Kier alpha value is -4.32. The van der Waals surface area contributed by atoms with Gasteiger partial charge in [-0.15, -0.1) is 0 Å². The molecule has 0 spiro atoms. The zero-order valence-electron chi connectivity index (χ0n) is 26.8. The van der Waals surface area contributed by atoms with E-state index < -0.39 is 0 Å². The summed E-state index contributed by atoms with van der Waals surface area (Å²) in [6, 6.07) is 48.1. The minimum atomic E-state index is -0.302. The number of aromatic nitrogens is 1. The second-order valence-electron chi connectivity index (χ2n) is 13.3. The van der Waals surface area contributed by atoms with Gasteiger partial charge in [0.25, 0.3) is 0 Å².